The molecule has 0 amide bonds. The van der Waals surface area contributed by atoms with Crippen LogP contribution in [0.3, 0.4) is 0 Å². The minimum absolute atomic E-state index is 0.424. The summed E-state index contributed by atoms with van der Waals surface area (Å²) in [5.74, 6) is 2.47. The number of pyridine rings is 2. The molecule has 0 radical (unpaired) electrons. The number of nitrogens with zero attached hydrogens (tertiary/aromatic N) is 7. The van der Waals surface area contributed by atoms with E-state index in [9.17, 15) is 0 Å². The minimum atomic E-state index is 0.424. The van der Waals surface area contributed by atoms with Crippen molar-refractivity contribution in [2.45, 2.75) is 20.4 Å². The lowest BCUT2D eigenvalue weighted by molar-refractivity contribution is 0.605. The fourth-order valence-corrected chi connectivity index (χ4v) is 4.24. The number of aromatic amines is 1. The Kier molecular flexibility index (Phi) is 7.32. The van der Waals surface area contributed by atoms with E-state index >= 15 is 0 Å². The standard InChI is InChI=1S/C29H27N9/c1-20(2)18-38(19-21-8-4-3-5-9-21)28-15-23(32-27-13-12-22(16-30)17-31-27)14-26(33-28)24-10-6-7-11-25(24)29-34-36-37-35-29/h3-15,17,20H,18-19H2,1-2H3,(H,31,32,33)(H,34,35,36,37). The molecule has 5 rings (SSSR count). The molecule has 2 aromatic carbocycles. The van der Waals surface area contributed by atoms with Crippen LogP contribution < -0.4 is 10.2 Å². The van der Waals surface area contributed by atoms with Gasteiger partial charge >= 0.3 is 0 Å². The number of hydrogen-bond donors (Lipinski definition) is 2. The number of tetrazole rings is 1. The molecule has 0 aliphatic heterocycles. The lowest BCUT2D eigenvalue weighted by Crippen LogP contribution is -2.28. The summed E-state index contributed by atoms with van der Waals surface area (Å²) in [6.45, 7) is 5.95. The van der Waals surface area contributed by atoms with Crippen LogP contribution in [0.1, 0.15) is 25.0 Å². The third-order valence-electron chi connectivity index (χ3n) is 5.91. The lowest BCUT2D eigenvalue weighted by Gasteiger charge is -2.27. The van der Waals surface area contributed by atoms with Gasteiger partial charge in [-0.3, -0.25) is 0 Å². The monoisotopic (exact) mass is 501 g/mol. The molecule has 188 valence electrons. The van der Waals surface area contributed by atoms with Gasteiger partial charge < -0.3 is 10.2 Å². The number of nitriles is 1. The van der Waals surface area contributed by atoms with E-state index in [1.807, 2.05) is 42.5 Å². The van der Waals surface area contributed by atoms with Crippen molar-refractivity contribution >= 4 is 17.3 Å². The molecule has 0 aliphatic carbocycles. The van der Waals surface area contributed by atoms with Crippen molar-refractivity contribution in [2.75, 3.05) is 16.8 Å². The summed E-state index contributed by atoms with van der Waals surface area (Å²) >= 11 is 0. The van der Waals surface area contributed by atoms with E-state index in [4.69, 9.17) is 10.2 Å². The Morgan fingerprint density at radius 3 is 2.45 bits per heavy atom. The van der Waals surface area contributed by atoms with Gasteiger partial charge in [-0.2, -0.15) is 5.26 Å². The summed E-state index contributed by atoms with van der Waals surface area (Å²) in [6, 6.07) is 28.0. The molecule has 2 N–H and O–H groups in total. The third-order valence-corrected chi connectivity index (χ3v) is 5.91. The van der Waals surface area contributed by atoms with Gasteiger partial charge in [0.25, 0.3) is 0 Å². The van der Waals surface area contributed by atoms with Crippen LogP contribution in [0.4, 0.5) is 17.3 Å². The van der Waals surface area contributed by atoms with Crippen LogP contribution in [0.2, 0.25) is 0 Å². The topological polar surface area (TPSA) is 119 Å². The second-order valence-corrected chi connectivity index (χ2v) is 9.32. The van der Waals surface area contributed by atoms with Gasteiger partial charge in [-0.25, -0.2) is 15.1 Å². The zero-order valence-electron chi connectivity index (χ0n) is 21.2. The maximum Gasteiger partial charge on any atom is 0.180 e. The van der Waals surface area contributed by atoms with E-state index in [0.717, 1.165) is 41.4 Å². The fourth-order valence-electron chi connectivity index (χ4n) is 4.24. The Morgan fingerprint density at radius 1 is 0.974 bits per heavy atom. The molecular formula is C29H27N9. The first-order valence-corrected chi connectivity index (χ1v) is 12.4. The van der Waals surface area contributed by atoms with E-state index in [2.05, 4.69) is 80.0 Å². The Hall–Kier alpha value is -5.10. The molecule has 0 unspecified atom stereocenters. The number of nitrogens with one attached hydrogen (secondary N) is 2. The first-order valence-electron chi connectivity index (χ1n) is 12.4. The van der Waals surface area contributed by atoms with E-state index in [1.165, 1.54) is 5.56 Å². The second-order valence-electron chi connectivity index (χ2n) is 9.32. The molecule has 0 atom stereocenters. The molecular weight excluding hydrogens is 474 g/mol. The summed E-state index contributed by atoms with van der Waals surface area (Å²) < 4.78 is 0. The zero-order valence-corrected chi connectivity index (χ0v) is 21.2. The molecule has 0 fully saturated rings. The van der Waals surface area contributed by atoms with Crippen LogP contribution in [0.5, 0.6) is 0 Å². The molecule has 0 spiro atoms. The first kappa shape index (κ1) is 24.6. The van der Waals surface area contributed by atoms with Crippen LogP contribution in [-0.4, -0.2) is 37.1 Å². The van der Waals surface area contributed by atoms with Gasteiger partial charge in [0.15, 0.2) is 5.82 Å². The average molecular weight is 502 g/mol. The number of benzene rings is 2. The van der Waals surface area contributed by atoms with Crippen LogP contribution in [0.25, 0.3) is 22.6 Å². The maximum atomic E-state index is 9.13. The fraction of sp³-hybridized carbons (Fsp3) is 0.172. The van der Waals surface area contributed by atoms with Crippen molar-refractivity contribution in [3.63, 3.8) is 0 Å². The van der Waals surface area contributed by atoms with Crippen molar-refractivity contribution < 1.29 is 0 Å². The van der Waals surface area contributed by atoms with E-state index in [0.29, 0.717) is 23.1 Å². The van der Waals surface area contributed by atoms with Crippen molar-refractivity contribution in [1.82, 2.24) is 30.6 Å². The Bertz CT molecular complexity index is 1520. The Labute approximate surface area is 221 Å². The molecule has 38 heavy (non-hydrogen) atoms. The molecule has 5 aromatic rings. The molecule has 0 saturated carbocycles. The van der Waals surface area contributed by atoms with Crippen LogP contribution in [0, 0.1) is 17.2 Å². The van der Waals surface area contributed by atoms with Gasteiger partial charge in [-0.1, -0.05) is 68.4 Å². The molecule has 0 saturated heterocycles. The van der Waals surface area contributed by atoms with E-state index in [-0.39, 0.29) is 0 Å². The van der Waals surface area contributed by atoms with Gasteiger partial charge in [-0.05, 0) is 40.1 Å². The van der Waals surface area contributed by atoms with E-state index in [1.54, 1.807) is 18.3 Å². The summed E-state index contributed by atoms with van der Waals surface area (Å²) in [6.07, 6.45) is 1.55. The average Bonchev–Trinajstić information content (AvgIpc) is 3.48. The number of rotatable bonds is 9. The lowest BCUT2D eigenvalue weighted by atomic mass is 10.0. The summed E-state index contributed by atoms with van der Waals surface area (Å²) in [7, 11) is 0. The SMILES string of the molecule is CC(C)CN(Cc1ccccc1)c1cc(Nc2ccc(C#N)cn2)cc(-c2ccccc2-c2nnn[nH]2)n1. The van der Waals surface area contributed by atoms with Crippen molar-refractivity contribution in [3.8, 4) is 28.7 Å². The Morgan fingerprint density at radius 2 is 1.76 bits per heavy atom. The highest BCUT2D eigenvalue weighted by atomic mass is 15.5. The van der Waals surface area contributed by atoms with Gasteiger partial charge in [0, 0.05) is 42.2 Å². The highest BCUT2D eigenvalue weighted by molar-refractivity contribution is 5.81. The predicted molar refractivity (Wildman–Crippen MR) is 147 cm³/mol. The van der Waals surface area contributed by atoms with Crippen molar-refractivity contribution in [1.29, 1.82) is 5.26 Å². The first-order chi connectivity index (χ1) is 18.6. The van der Waals surface area contributed by atoms with Crippen molar-refractivity contribution in [2.24, 2.45) is 5.92 Å². The molecule has 0 bridgehead atoms. The maximum absolute atomic E-state index is 9.13. The predicted octanol–water partition coefficient (Wildman–Crippen LogP) is 5.60. The second kappa shape index (κ2) is 11.3. The van der Waals surface area contributed by atoms with E-state index < -0.39 is 0 Å². The highest BCUT2D eigenvalue weighted by Crippen LogP contribution is 2.33. The molecule has 0 aliphatic rings. The van der Waals surface area contributed by atoms with Gasteiger partial charge in [0.2, 0.25) is 0 Å². The van der Waals surface area contributed by atoms with Crippen molar-refractivity contribution in [3.05, 3.63) is 96.2 Å². The smallest absolute Gasteiger partial charge is 0.180 e. The normalized spacial score (nSPS) is 10.8. The quantitative estimate of drug-likeness (QED) is 0.268. The molecule has 9 heteroatoms. The largest absolute Gasteiger partial charge is 0.352 e. The minimum Gasteiger partial charge on any atom is -0.352 e. The van der Waals surface area contributed by atoms with Gasteiger partial charge in [0.1, 0.15) is 17.7 Å². The molecule has 9 nitrogen and oxygen atoms in total. The zero-order chi connectivity index (χ0) is 26.3. The summed E-state index contributed by atoms with van der Waals surface area (Å²) in [4.78, 5) is 11.8. The Balaban J connectivity index is 1.61. The summed E-state index contributed by atoms with van der Waals surface area (Å²) in [5.41, 5.74) is 5.06. The van der Waals surface area contributed by atoms with Gasteiger partial charge in [0.05, 0.1) is 11.3 Å². The van der Waals surface area contributed by atoms with Crippen LogP contribution in [0.15, 0.2) is 85.1 Å². The number of anilines is 3. The number of H-pyrrole nitrogens is 1. The highest BCUT2D eigenvalue weighted by Gasteiger charge is 2.17. The third kappa shape index (κ3) is 5.82. The van der Waals surface area contributed by atoms with Crippen LogP contribution in [-0.2, 0) is 6.54 Å². The molecule has 3 heterocycles. The number of aromatic nitrogens is 6. The number of hydrogen-bond acceptors (Lipinski definition) is 8. The summed E-state index contributed by atoms with van der Waals surface area (Å²) in [5, 5.41) is 27.0. The molecule has 3 aromatic heterocycles. The van der Waals surface area contributed by atoms with Crippen LogP contribution >= 0.6 is 0 Å². The van der Waals surface area contributed by atoms with Gasteiger partial charge in [-0.15, -0.1) is 5.10 Å².